The SMILES string of the molecule is CN(C)c1c(Cl)cccc1NC(=O)CCNC1CC1. The summed E-state index contributed by atoms with van der Waals surface area (Å²) in [7, 11) is 3.82. The second kappa shape index (κ2) is 6.26. The van der Waals surface area contributed by atoms with Crippen LogP contribution in [0.3, 0.4) is 0 Å². The van der Waals surface area contributed by atoms with Crippen molar-refractivity contribution in [1.82, 2.24) is 5.32 Å². The van der Waals surface area contributed by atoms with Crippen molar-refractivity contribution in [3.8, 4) is 0 Å². The Morgan fingerprint density at radius 3 is 2.79 bits per heavy atom. The number of halogens is 1. The van der Waals surface area contributed by atoms with E-state index < -0.39 is 0 Å². The maximum Gasteiger partial charge on any atom is 0.225 e. The lowest BCUT2D eigenvalue weighted by Gasteiger charge is -2.19. The fourth-order valence-electron chi connectivity index (χ4n) is 1.96. The molecule has 4 nitrogen and oxygen atoms in total. The van der Waals surface area contributed by atoms with Crippen molar-refractivity contribution in [1.29, 1.82) is 0 Å². The highest BCUT2D eigenvalue weighted by Crippen LogP contribution is 2.32. The second-order valence-electron chi connectivity index (χ2n) is 5.06. The van der Waals surface area contributed by atoms with Gasteiger partial charge in [-0.1, -0.05) is 17.7 Å². The second-order valence-corrected chi connectivity index (χ2v) is 5.46. The van der Waals surface area contributed by atoms with Crippen molar-refractivity contribution in [2.75, 3.05) is 30.9 Å². The Balaban J connectivity index is 1.93. The molecule has 19 heavy (non-hydrogen) atoms. The third-order valence-corrected chi connectivity index (χ3v) is 3.38. The molecule has 0 bridgehead atoms. The van der Waals surface area contributed by atoms with Crippen molar-refractivity contribution in [2.24, 2.45) is 0 Å². The first kappa shape index (κ1) is 14.2. The highest BCUT2D eigenvalue weighted by atomic mass is 35.5. The van der Waals surface area contributed by atoms with Crippen molar-refractivity contribution in [2.45, 2.75) is 25.3 Å². The summed E-state index contributed by atoms with van der Waals surface area (Å²) in [6.45, 7) is 0.731. The summed E-state index contributed by atoms with van der Waals surface area (Å²) >= 11 is 6.16. The molecule has 0 aliphatic heterocycles. The molecule has 1 aliphatic rings. The van der Waals surface area contributed by atoms with Gasteiger partial charge in [0.05, 0.1) is 16.4 Å². The molecule has 0 heterocycles. The zero-order valence-corrected chi connectivity index (χ0v) is 12.1. The predicted octanol–water partition coefficient (Wildman–Crippen LogP) is 2.49. The van der Waals surface area contributed by atoms with Crippen LogP contribution in [0, 0.1) is 0 Å². The molecule has 0 aromatic heterocycles. The van der Waals surface area contributed by atoms with Gasteiger partial charge in [-0.05, 0) is 25.0 Å². The Bertz CT molecular complexity index is 458. The lowest BCUT2D eigenvalue weighted by atomic mass is 10.2. The van der Waals surface area contributed by atoms with Crippen molar-refractivity contribution >= 4 is 28.9 Å². The first-order valence-corrected chi connectivity index (χ1v) is 6.95. The van der Waals surface area contributed by atoms with Crippen LogP contribution >= 0.6 is 11.6 Å². The van der Waals surface area contributed by atoms with E-state index in [9.17, 15) is 4.79 Å². The molecule has 0 unspecified atom stereocenters. The number of amides is 1. The van der Waals surface area contributed by atoms with Gasteiger partial charge >= 0.3 is 0 Å². The number of nitrogens with one attached hydrogen (secondary N) is 2. The van der Waals surface area contributed by atoms with Crippen molar-refractivity contribution in [3.05, 3.63) is 23.2 Å². The summed E-state index contributed by atoms with van der Waals surface area (Å²) in [6, 6.07) is 6.17. The molecule has 1 fully saturated rings. The van der Waals surface area contributed by atoms with Gasteiger partial charge in [-0.3, -0.25) is 4.79 Å². The zero-order chi connectivity index (χ0) is 13.8. The molecule has 104 valence electrons. The number of benzene rings is 1. The van der Waals surface area contributed by atoms with E-state index in [0.29, 0.717) is 17.5 Å². The van der Waals surface area contributed by atoms with Gasteiger partial charge in [0.1, 0.15) is 0 Å². The molecular formula is C14H20ClN3O. The summed E-state index contributed by atoms with van der Waals surface area (Å²) in [5.41, 5.74) is 1.60. The lowest BCUT2D eigenvalue weighted by molar-refractivity contribution is -0.116. The van der Waals surface area contributed by atoms with Gasteiger partial charge in [0.2, 0.25) is 5.91 Å². The van der Waals surface area contributed by atoms with Crippen LogP contribution in [0.5, 0.6) is 0 Å². The molecular weight excluding hydrogens is 262 g/mol. The topological polar surface area (TPSA) is 44.4 Å². The normalized spacial score (nSPS) is 14.3. The van der Waals surface area contributed by atoms with Gasteiger partial charge in [0.25, 0.3) is 0 Å². The number of anilines is 2. The number of hydrogen-bond donors (Lipinski definition) is 2. The van der Waals surface area contributed by atoms with E-state index in [1.165, 1.54) is 12.8 Å². The summed E-state index contributed by atoms with van der Waals surface area (Å²) < 4.78 is 0. The van der Waals surface area contributed by atoms with Gasteiger partial charge < -0.3 is 15.5 Å². The third-order valence-electron chi connectivity index (χ3n) is 3.07. The van der Waals surface area contributed by atoms with E-state index in [-0.39, 0.29) is 5.91 Å². The third kappa shape index (κ3) is 4.11. The number of carbonyl (C=O) groups is 1. The Hall–Kier alpha value is -1.26. The highest BCUT2D eigenvalue weighted by molar-refractivity contribution is 6.34. The number of rotatable bonds is 6. The number of nitrogens with zero attached hydrogens (tertiary/aromatic N) is 1. The Kier molecular flexibility index (Phi) is 4.66. The summed E-state index contributed by atoms with van der Waals surface area (Å²) in [5.74, 6) is 0.0125. The van der Waals surface area contributed by atoms with E-state index in [4.69, 9.17) is 11.6 Å². The lowest BCUT2D eigenvalue weighted by Crippen LogP contribution is -2.24. The van der Waals surface area contributed by atoms with Crippen LogP contribution < -0.4 is 15.5 Å². The minimum absolute atomic E-state index is 0.0125. The minimum atomic E-state index is 0.0125. The first-order valence-electron chi connectivity index (χ1n) is 6.57. The van der Waals surface area contributed by atoms with Gasteiger partial charge in [0.15, 0.2) is 0 Å². The van der Waals surface area contributed by atoms with Crippen LogP contribution in [-0.4, -0.2) is 32.6 Å². The van der Waals surface area contributed by atoms with Crippen LogP contribution in [0.2, 0.25) is 5.02 Å². The van der Waals surface area contributed by atoms with Gasteiger partial charge in [-0.2, -0.15) is 0 Å². The van der Waals surface area contributed by atoms with Crippen LogP contribution in [0.4, 0.5) is 11.4 Å². The van der Waals surface area contributed by atoms with Crippen LogP contribution in [-0.2, 0) is 4.79 Å². The van der Waals surface area contributed by atoms with Gasteiger partial charge in [-0.25, -0.2) is 0 Å². The summed E-state index contributed by atoms with van der Waals surface area (Å²) in [5, 5.41) is 6.88. The average molecular weight is 282 g/mol. The molecule has 0 atom stereocenters. The van der Waals surface area contributed by atoms with E-state index in [0.717, 1.165) is 17.9 Å². The van der Waals surface area contributed by atoms with Gasteiger partial charge in [-0.15, -0.1) is 0 Å². The Labute approximate surface area is 119 Å². The molecule has 0 saturated heterocycles. The molecule has 1 aromatic rings. The fraction of sp³-hybridized carbons (Fsp3) is 0.500. The highest BCUT2D eigenvalue weighted by Gasteiger charge is 2.20. The first-order chi connectivity index (χ1) is 9.08. The molecule has 5 heteroatoms. The van der Waals surface area contributed by atoms with Crippen LogP contribution in [0.25, 0.3) is 0 Å². The Morgan fingerprint density at radius 1 is 1.42 bits per heavy atom. The predicted molar refractivity (Wildman–Crippen MR) is 80.1 cm³/mol. The molecule has 0 spiro atoms. The van der Waals surface area contributed by atoms with Gasteiger partial charge in [0, 0.05) is 33.1 Å². The van der Waals surface area contributed by atoms with Crippen LogP contribution in [0.15, 0.2) is 18.2 Å². The molecule has 1 aliphatic carbocycles. The van der Waals surface area contributed by atoms with E-state index >= 15 is 0 Å². The summed E-state index contributed by atoms with van der Waals surface area (Å²) in [6.07, 6.45) is 2.96. The van der Waals surface area contributed by atoms with E-state index in [1.807, 2.05) is 37.2 Å². The number of hydrogen-bond acceptors (Lipinski definition) is 3. The molecule has 2 rings (SSSR count). The summed E-state index contributed by atoms with van der Waals surface area (Å²) in [4.78, 5) is 13.8. The molecule has 0 radical (unpaired) electrons. The van der Waals surface area contributed by atoms with E-state index in [2.05, 4.69) is 10.6 Å². The minimum Gasteiger partial charge on any atom is -0.375 e. The molecule has 1 aromatic carbocycles. The molecule has 1 saturated carbocycles. The average Bonchev–Trinajstić information content (AvgIpc) is 3.12. The molecule has 2 N–H and O–H groups in total. The smallest absolute Gasteiger partial charge is 0.225 e. The maximum atomic E-state index is 11.9. The molecule has 1 amide bonds. The standard InChI is InChI=1S/C14H20ClN3O/c1-18(2)14-11(15)4-3-5-12(14)17-13(19)8-9-16-10-6-7-10/h3-5,10,16H,6-9H2,1-2H3,(H,17,19). The number of para-hydroxylation sites is 1. The van der Waals surface area contributed by atoms with Crippen molar-refractivity contribution in [3.63, 3.8) is 0 Å². The zero-order valence-electron chi connectivity index (χ0n) is 11.4. The fourth-order valence-corrected chi connectivity index (χ4v) is 2.30. The largest absolute Gasteiger partial charge is 0.375 e. The van der Waals surface area contributed by atoms with Crippen molar-refractivity contribution < 1.29 is 4.79 Å². The van der Waals surface area contributed by atoms with E-state index in [1.54, 1.807) is 0 Å². The number of carbonyl (C=O) groups excluding carboxylic acids is 1. The Morgan fingerprint density at radius 2 is 2.16 bits per heavy atom. The quantitative estimate of drug-likeness (QED) is 0.842. The maximum absolute atomic E-state index is 11.9. The van der Waals surface area contributed by atoms with Crippen LogP contribution in [0.1, 0.15) is 19.3 Å². The monoisotopic (exact) mass is 281 g/mol.